The topological polar surface area (TPSA) is 108 Å². The van der Waals surface area contributed by atoms with Gasteiger partial charge in [0.2, 0.25) is 0 Å². The van der Waals surface area contributed by atoms with E-state index in [-0.39, 0.29) is 12.0 Å². The summed E-state index contributed by atoms with van der Waals surface area (Å²) in [6.45, 7) is 1.75. The van der Waals surface area contributed by atoms with Crippen LogP contribution in [0.1, 0.15) is 63.8 Å². The van der Waals surface area contributed by atoms with E-state index in [4.69, 9.17) is 13.9 Å². The third kappa shape index (κ3) is 4.25. The van der Waals surface area contributed by atoms with E-state index in [2.05, 4.69) is 10.3 Å². The molecule has 1 aromatic carbocycles. The normalized spacial score (nSPS) is 14.3. The number of thiophene rings is 1. The molecule has 4 rings (SSSR count). The van der Waals surface area contributed by atoms with Crippen LogP contribution in [-0.4, -0.2) is 36.0 Å². The van der Waals surface area contributed by atoms with Crippen molar-refractivity contribution < 1.29 is 28.3 Å². The molecule has 8 nitrogen and oxygen atoms in total. The number of hydrogen-bond donors (Lipinski definition) is 1. The molecule has 1 atom stereocenters. The van der Waals surface area contributed by atoms with E-state index in [0.717, 1.165) is 42.5 Å². The van der Waals surface area contributed by atoms with Crippen LogP contribution in [0.4, 0.5) is 5.00 Å². The van der Waals surface area contributed by atoms with Crippen LogP contribution in [0, 0.1) is 0 Å². The van der Waals surface area contributed by atoms with Gasteiger partial charge in [0.1, 0.15) is 10.5 Å². The van der Waals surface area contributed by atoms with Crippen molar-refractivity contribution in [3.8, 4) is 0 Å². The number of nitrogens with zero attached hydrogens (tertiary/aromatic N) is 1. The lowest BCUT2D eigenvalue weighted by Crippen LogP contribution is -2.32. The number of hydrogen-bond acceptors (Lipinski definition) is 8. The number of carbonyl (C=O) groups is 3. The molecule has 1 N–H and O–H groups in total. The standard InChI is InChI=1S/C23H24N2O6S/c1-3-15(31-22(27)14-9-7-10-16-19(14)24-12-30-16)20(26)25-21-18(23(28)29-2)13-8-5-4-6-11-17(13)32-21/h7,9-10,12,15H,3-6,8,11H2,1-2H3,(H,25,26). The summed E-state index contributed by atoms with van der Waals surface area (Å²) in [7, 11) is 1.33. The van der Waals surface area contributed by atoms with Crippen LogP contribution in [0.3, 0.4) is 0 Å². The molecule has 1 aliphatic rings. The number of fused-ring (bicyclic) bond motifs is 2. The molecule has 0 aliphatic heterocycles. The van der Waals surface area contributed by atoms with E-state index in [0.29, 0.717) is 21.7 Å². The first-order chi connectivity index (χ1) is 15.5. The van der Waals surface area contributed by atoms with Crippen molar-refractivity contribution in [3.05, 3.63) is 46.2 Å². The minimum Gasteiger partial charge on any atom is -0.465 e. The lowest BCUT2D eigenvalue weighted by atomic mass is 10.1. The van der Waals surface area contributed by atoms with Gasteiger partial charge in [0.05, 0.1) is 18.2 Å². The maximum absolute atomic E-state index is 13.0. The van der Waals surface area contributed by atoms with Crippen LogP contribution in [-0.2, 0) is 27.1 Å². The number of rotatable bonds is 6. The molecule has 9 heteroatoms. The molecule has 0 fully saturated rings. The molecular weight excluding hydrogens is 432 g/mol. The predicted octanol–water partition coefficient (Wildman–Crippen LogP) is 4.52. The molecular formula is C23H24N2O6S. The van der Waals surface area contributed by atoms with Gasteiger partial charge in [-0.2, -0.15) is 0 Å². The molecule has 0 saturated carbocycles. The first-order valence-electron chi connectivity index (χ1n) is 10.6. The number of methoxy groups -OCH3 is 1. The van der Waals surface area contributed by atoms with E-state index >= 15 is 0 Å². The number of oxazole rings is 1. The summed E-state index contributed by atoms with van der Waals surface area (Å²) in [5.74, 6) is -1.63. The second-order valence-corrected chi connectivity index (χ2v) is 8.66. The van der Waals surface area contributed by atoms with Crippen LogP contribution < -0.4 is 5.32 Å². The average Bonchev–Trinajstić information content (AvgIpc) is 3.34. The van der Waals surface area contributed by atoms with Crippen LogP contribution >= 0.6 is 11.3 Å². The number of amides is 1. The summed E-state index contributed by atoms with van der Waals surface area (Å²) in [5, 5.41) is 3.26. The molecule has 0 spiro atoms. The maximum atomic E-state index is 13.0. The van der Waals surface area contributed by atoms with Gasteiger partial charge < -0.3 is 19.2 Å². The van der Waals surface area contributed by atoms with Gasteiger partial charge in [-0.1, -0.05) is 19.4 Å². The lowest BCUT2D eigenvalue weighted by molar-refractivity contribution is -0.124. The highest BCUT2D eigenvalue weighted by Gasteiger charge is 2.29. The number of ether oxygens (including phenoxy) is 2. The van der Waals surface area contributed by atoms with Crippen molar-refractivity contribution in [1.82, 2.24) is 4.98 Å². The van der Waals surface area contributed by atoms with E-state index in [9.17, 15) is 14.4 Å². The van der Waals surface area contributed by atoms with Crippen LogP contribution in [0.15, 0.2) is 29.0 Å². The largest absolute Gasteiger partial charge is 0.465 e. The molecule has 2 heterocycles. The monoisotopic (exact) mass is 456 g/mol. The molecule has 0 radical (unpaired) electrons. The zero-order valence-electron chi connectivity index (χ0n) is 17.9. The summed E-state index contributed by atoms with van der Waals surface area (Å²) < 4.78 is 15.7. The Kier molecular flexibility index (Phi) is 6.55. The summed E-state index contributed by atoms with van der Waals surface area (Å²) in [5.41, 5.74) is 2.43. The summed E-state index contributed by atoms with van der Waals surface area (Å²) >= 11 is 1.40. The van der Waals surface area contributed by atoms with Crippen molar-refractivity contribution in [2.24, 2.45) is 0 Å². The van der Waals surface area contributed by atoms with Crippen molar-refractivity contribution in [1.29, 1.82) is 0 Å². The highest BCUT2D eigenvalue weighted by molar-refractivity contribution is 7.17. The number of nitrogens with one attached hydrogen (secondary N) is 1. The summed E-state index contributed by atoms with van der Waals surface area (Å²) in [6, 6.07) is 4.92. The second kappa shape index (κ2) is 9.52. The van der Waals surface area contributed by atoms with E-state index in [1.807, 2.05) is 0 Å². The maximum Gasteiger partial charge on any atom is 0.341 e. The van der Waals surface area contributed by atoms with Gasteiger partial charge in [0.25, 0.3) is 5.91 Å². The average molecular weight is 457 g/mol. The van der Waals surface area contributed by atoms with Gasteiger partial charge in [-0.25, -0.2) is 14.6 Å². The molecule has 1 unspecified atom stereocenters. The van der Waals surface area contributed by atoms with Crippen molar-refractivity contribution >= 4 is 45.3 Å². The predicted molar refractivity (Wildman–Crippen MR) is 119 cm³/mol. The first kappa shape index (κ1) is 22.0. The van der Waals surface area contributed by atoms with Crippen LogP contribution in [0.5, 0.6) is 0 Å². The van der Waals surface area contributed by atoms with Gasteiger partial charge >= 0.3 is 11.9 Å². The first-order valence-corrected chi connectivity index (χ1v) is 11.4. The van der Waals surface area contributed by atoms with Gasteiger partial charge in [-0.15, -0.1) is 11.3 Å². The van der Waals surface area contributed by atoms with Gasteiger partial charge in [0.15, 0.2) is 18.1 Å². The highest BCUT2D eigenvalue weighted by Crippen LogP contribution is 2.38. The molecule has 32 heavy (non-hydrogen) atoms. The second-order valence-electron chi connectivity index (χ2n) is 7.56. The van der Waals surface area contributed by atoms with E-state index in [1.54, 1.807) is 25.1 Å². The zero-order valence-corrected chi connectivity index (χ0v) is 18.8. The van der Waals surface area contributed by atoms with Gasteiger partial charge in [-0.05, 0) is 49.8 Å². The fraction of sp³-hybridized carbons (Fsp3) is 0.391. The molecule has 168 valence electrons. The number of esters is 2. The Balaban J connectivity index is 1.55. The zero-order chi connectivity index (χ0) is 22.7. The minimum atomic E-state index is -1.03. The third-order valence-electron chi connectivity index (χ3n) is 5.54. The summed E-state index contributed by atoms with van der Waals surface area (Å²) in [4.78, 5) is 43.4. The molecule has 0 bridgehead atoms. The lowest BCUT2D eigenvalue weighted by Gasteiger charge is -2.16. The number of benzene rings is 1. The number of aryl methyl sites for hydroxylation is 1. The number of anilines is 1. The Labute approximate surface area is 188 Å². The Morgan fingerprint density at radius 3 is 2.78 bits per heavy atom. The van der Waals surface area contributed by atoms with Gasteiger partial charge in [-0.3, -0.25) is 4.79 Å². The highest BCUT2D eigenvalue weighted by atomic mass is 32.1. The Morgan fingerprint density at radius 2 is 2.00 bits per heavy atom. The fourth-order valence-corrected chi connectivity index (χ4v) is 5.19. The van der Waals surface area contributed by atoms with Crippen molar-refractivity contribution in [2.45, 2.75) is 51.6 Å². The SMILES string of the molecule is CCC(OC(=O)c1cccc2ocnc12)C(=O)Nc1sc2c(c1C(=O)OC)CCCCC2. The molecule has 3 aromatic rings. The van der Waals surface area contributed by atoms with Crippen molar-refractivity contribution in [3.63, 3.8) is 0 Å². The fourth-order valence-electron chi connectivity index (χ4n) is 3.91. The van der Waals surface area contributed by atoms with Gasteiger partial charge in [0, 0.05) is 4.88 Å². The summed E-state index contributed by atoms with van der Waals surface area (Å²) in [6.07, 6.45) is 5.28. The number of carbonyl (C=O) groups excluding carboxylic acids is 3. The van der Waals surface area contributed by atoms with E-state index < -0.39 is 23.9 Å². The minimum absolute atomic E-state index is 0.223. The van der Waals surface area contributed by atoms with Crippen molar-refractivity contribution in [2.75, 3.05) is 12.4 Å². The Morgan fingerprint density at radius 1 is 1.19 bits per heavy atom. The molecule has 1 aliphatic carbocycles. The molecule has 1 amide bonds. The Hall–Kier alpha value is -3.20. The third-order valence-corrected chi connectivity index (χ3v) is 6.75. The Bertz CT molecular complexity index is 1160. The molecule has 0 saturated heterocycles. The smallest absolute Gasteiger partial charge is 0.341 e. The van der Waals surface area contributed by atoms with E-state index in [1.165, 1.54) is 24.8 Å². The van der Waals surface area contributed by atoms with Crippen LogP contribution in [0.25, 0.3) is 11.1 Å². The quantitative estimate of drug-likeness (QED) is 0.429. The molecule has 2 aromatic heterocycles. The number of aromatic nitrogens is 1. The van der Waals surface area contributed by atoms with Crippen LogP contribution in [0.2, 0.25) is 0 Å². The number of para-hydroxylation sites is 1.